The minimum absolute atomic E-state index is 0.345. The summed E-state index contributed by atoms with van der Waals surface area (Å²) in [5.74, 6) is 1.28. The standard InChI is InChI=1S/C10H21NS/c1-9(2,3)11-6-7-12-10(4,5)8-11/h6-8H2,1-5H3. The maximum absolute atomic E-state index is 2.59. The average molecular weight is 187 g/mol. The van der Waals surface area contributed by atoms with E-state index in [0.717, 1.165) is 0 Å². The highest BCUT2D eigenvalue weighted by Gasteiger charge is 2.32. The fourth-order valence-corrected chi connectivity index (χ4v) is 2.70. The second-order valence-corrected chi connectivity index (χ2v) is 7.00. The maximum Gasteiger partial charge on any atom is 0.0231 e. The van der Waals surface area contributed by atoms with E-state index < -0.39 is 0 Å². The summed E-state index contributed by atoms with van der Waals surface area (Å²) in [7, 11) is 0. The van der Waals surface area contributed by atoms with Gasteiger partial charge in [0.1, 0.15) is 0 Å². The topological polar surface area (TPSA) is 3.24 Å². The first-order valence-corrected chi connectivity index (χ1v) is 5.69. The molecule has 0 amide bonds. The van der Waals surface area contributed by atoms with Gasteiger partial charge in [-0.05, 0) is 34.6 Å². The molecule has 0 N–H and O–H groups in total. The molecular formula is C10H21NS. The first kappa shape index (κ1) is 10.4. The van der Waals surface area contributed by atoms with Crippen LogP contribution in [0.5, 0.6) is 0 Å². The van der Waals surface area contributed by atoms with Crippen molar-refractivity contribution in [3.63, 3.8) is 0 Å². The van der Waals surface area contributed by atoms with Crippen molar-refractivity contribution in [1.29, 1.82) is 0 Å². The Kier molecular flexibility index (Phi) is 2.79. The van der Waals surface area contributed by atoms with Gasteiger partial charge >= 0.3 is 0 Å². The Morgan fingerprint density at radius 1 is 1.25 bits per heavy atom. The van der Waals surface area contributed by atoms with Crippen molar-refractivity contribution in [2.45, 2.75) is 44.9 Å². The van der Waals surface area contributed by atoms with E-state index in [0.29, 0.717) is 10.3 Å². The third-order valence-corrected chi connectivity index (χ3v) is 3.67. The Labute approximate surface area is 80.9 Å². The lowest BCUT2D eigenvalue weighted by Crippen LogP contribution is -2.51. The first-order valence-electron chi connectivity index (χ1n) is 4.70. The van der Waals surface area contributed by atoms with Gasteiger partial charge in [-0.15, -0.1) is 0 Å². The SMILES string of the molecule is CC1(C)CN(C(C)(C)C)CCS1. The maximum atomic E-state index is 2.59. The summed E-state index contributed by atoms with van der Waals surface area (Å²) in [4.78, 5) is 2.59. The van der Waals surface area contributed by atoms with Crippen molar-refractivity contribution >= 4 is 11.8 Å². The third-order valence-electron chi connectivity index (χ3n) is 2.37. The molecule has 0 aromatic carbocycles. The van der Waals surface area contributed by atoms with Gasteiger partial charge in [0, 0.05) is 29.1 Å². The van der Waals surface area contributed by atoms with Crippen molar-refractivity contribution in [2.24, 2.45) is 0 Å². The molecule has 1 aliphatic heterocycles. The Morgan fingerprint density at radius 2 is 1.83 bits per heavy atom. The highest BCUT2D eigenvalue weighted by molar-refractivity contribution is 8.00. The Bertz CT molecular complexity index is 154. The quantitative estimate of drug-likeness (QED) is 0.573. The predicted octanol–water partition coefficient (Wildman–Crippen LogP) is 2.61. The van der Waals surface area contributed by atoms with Gasteiger partial charge in [-0.1, -0.05) is 0 Å². The third kappa shape index (κ3) is 2.67. The average Bonchev–Trinajstić information content (AvgIpc) is 1.83. The molecule has 0 radical (unpaired) electrons. The minimum Gasteiger partial charge on any atom is -0.296 e. The molecule has 1 heterocycles. The van der Waals surface area contributed by atoms with E-state index in [1.54, 1.807) is 0 Å². The van der Waals surface area contributed by atoms with Gasteiger partial charge in [0.05, 0.1) is 0 Å². The molecule has 1 fully saturated rings. The van der Waals surface area contributed by atoms with Crippen LogP contribution in [0.1, 0.15) is 34.6 Å². The Hall–Kier alpha value is 0.310. The molecule has 0 spiro atoms. The normalized spacial score (nSPS) is 25.8. The summed E-state index contributed by atoms with van der Waals surface area (Å²) in [5.41, 5.74) is 0.345. The van der Waals surface area contributed by atoms with Crippen molar-refractivity contribution in [1.82, 2.24) is 4.90 Å². The number of nitrogens with zero attached hydrogens (tertiary/aromatic N) is 1. The van der Waals surface area contributed by atoms with Crippen LogP contribution in [0, 0.1) is 0 Å². The Balaban J connectivity index is 2.58. The molecule has 1 nitrogen and oxygen atoms in total. The van der Waals surface area contributed by atoms with E-state index in [2.05, 4.69) is 51.3 Å². The lowest BCUT2D eigenvalue weighted by atomic mass is 10.0. The zero-order chi connectivity index (χ0) is 9.41. The summed E-state index contributed by atoms with van der Waals surface area (Å²) in [6.45, 7) is 14.1. The van der Waals surface area contributed by atoms with Crippen LogP contribution < -0.4 is 0 Å². The number of hydrogen-bond donors (Lipinski definition) is 0. The molecule has 2 heteroatoms. The zero-order valence-corrected chi connectivity index (χ0v) is 9.79. The van der Waals surface area contributed by atoms with Gasteiger partial charge in [-0.2, -0.15) is 11.8 Å². The number of hydrogen-bond acceptors (Lipinski definition) is 2. The van der Waals surface area contributed by atoms with E-state index in [-0.39, 0.29) is 0 Å². The lowest BCUT2D eigenvalue weighted by Gasteiger charge is -2.44. The Morgan fingerprint density at radius 3 is 2.17 bits per heavy atom. The largest absolute Gasteiger partial charge is 0.296 e. The van der Waals surface area contributed by atoms with E-state index >= 15 is 0 Å². The molecule has 1 rings (SSSR count). The van der Waals surface area contributed by atoms with Crippen LogP contribution in [0.25, 0.3) is 0 Å². The van der Waals surface area contributed by atoms with Gasteiger partial charge in [-0.25, -0.2) is 0 Å². The van der Waals surface area contributed by atoms with Crippen molar-refractivity contribution < 1.29 is 0 Å². The van der Waals surface area contributed by atoms with Crippen LogP contribution in [-0.4, -0.2) is 34.0 Å². The monoisotopic (exact) mass is 187 g/mol. The second-order valence-electron chi connectivity index (χ2n) is 5.20. The fraction of sp³-hybridized carbons (Fsp3) is 1.00. The summed E-state index contributed by atoms with van der Waals surface area (Å²) in [5, 5.41) is 0. The number of rotatable bonds is 0. The molecule has 0 aliphatic carbocycles. The summed E-state index contributed by atoms with van der Waals surface area (Å²) < 4.78 is 0.450. The van der Waals surface area contributed by atoms with E-state index in [1.807, 2.05) is 0 Å². The highest BCUT2D eigenvalue weighted by atomic mass is 32.2. The molecule has 1 aliphatic rings. The minimum atomic E-state index is 0.345. The fourth-order valence-electron chi connectivity index (χ4n) is 1.59. The lowest BCUT2D eigenvalue weighted by molar-refractivity contribution is 0.130. The van der Waals surface area contributed by atoms with Gasteiger partial charge < -0.3 is 0 Å². The molecule has 12 heavy (non-hydrogen) atoms. The van der Waals surface area contributed by atoms with Crippen LogP contribution in [0.3, 0.4) is 0 Å². The molecule has 72 valence electrons. The first-order chi connectivity index (χ1) is 5.31. The van der Waals surface area contributed by atoms with Gasteiger partial charge in [0.2, 0.25) is 0 Å². The van der Waals surface area contributed by atoms with Crippen LogP contribution >= 0.6 is 11.8 Å². The van der Waals surface area contributed by atoms with Gasteiger partial charge in [0.15, 0.2) is 0 Å². The molecule has 1 saturated heterocycles. The van der Waals surface area contributed by atoms with Gasteiger partial charge in [0.25, 0.3) is 0 Å². The molecule has 0 bridgehead atoms. The van der Waals surface area contributed by atoms with E-state index in [1.165, 1.54) is 18.8 Å². The van der Waals surface area contributed by atoms with Crippen molar-refractivity contribution in [2.75, 3.05) is 18.8 Å². The molecule has 0 aromatic rings. The second kappa shape index (κ2) is 3.22. The molecule has 0 atom stereocenters. The molecule has 0 aromatic heterocycles. The van der Waals surface area contributed by atoms with Gasteiger partial charge in [-0.3, -0.25) is 4.90 Å². The zero-order valence-electron chi connectivity index (χ0n) is 8.98. The number of thioether (sulfide) groups is 1. The van der Waals surface area contributed by atoms with Crippen LogP contribution in [-0.2, 0) is 0 Å². The summed E-state index contributed by atoms with van der Waals surface area (Å²) in [6, 6.07) is 0. The van der Waals surface area contributed by atoms with Crippen LogP contribution in [0.4, 0.5) is 0 Å². The molecular weight excluding hydrogens is 166 g/mol. The van der Waals surface area contributed by atoms with Crippen molar-refractivity contribution in [3.05, 3.63) is 0 Å². The molecule has 0 unspecified atom stereocenters. The van der Waals surface area contributed by atoms with Crippen LogP contribution in [0.2, 0.25) is 0 Å². The van der Waals surface area contributed by atoms with E-state index in [4.69, 9.17) is 0 Å². The van der Waals surface area contributed by atoms with Crippen molar-refractivity contribution in [3.8, 4) is 0 Å². The summed E-state index contributed by atoms with van der Waals surface area (Å²) >= 11 is 2.10. The van der Waals surface area contributed by atoms with E-state index in [9.17, 15) is 0 Å². The van der Waals surface area contributed by atoms with Crippen LogP contribution in [0.15, 0.2) is 0 Å². The highest BCUT2D eigenvalue weighted by Crippen LogP contribution is 2.32. The molecule has 0 saturated carbocycles. The summed E-state index contributed by atoms with van der Waals surface area (Å²) in [6.07, 6.45) is 0. The smallest absolute Gasteiger partial charge is 0.0231 e. The predicted molar refractivity (Wildman–Crippen MR) is 57.9 cm³/mol.